The molecule has 0 radical (unpaired) electrons. The Labute approximate surface area is 93.0 Å². The summed E-state index contributed by atoms with van der Waals surface area (Å²) in [6.45, 7) is 7.78. The average molecular weight is 212 g/mol. The molecule has 0 aliphatic carbocycles. The van der Waals surface area contributed by atoms with Gasteiger partial charge in [0.05, 0.1) is 5.54 Å². The van der Waals surface area contributed by atoms with Gasteiger partial charge in [-0.1, -0.05) is 33.6 Å². The molecule has 15 heavy (non-hydrogen) atoms. The molecule has 1 amide bonds. The lowest BCUT2D eigenvalue weighted by Crippen LogP contribution is -2.69. The molecule has 0 aromatic carbocycles. The molecule has 2 N–H and O–H groups in total. The Kier molecular flexibility index (Phi) is 4.14. The lowest BCUT2D eigenvalue weighted by Gasteiger charge is -2.48. The number of nitrogens with two attached hydrogens (primary N) is 1. The highest BCUT2D eigenvalue weighted by Crippen LogP contribution is 2.25. The summed E-state index contributed by atoms with van der Waals surface area (Å²) in [5.74, 6) is 0.454. The maximum absolute atomic E-state index is 11.9. The van der Waals surface area contributed by atoms with E-state index in [1.807, 2.05) is 11.8 Å². The van der Waals surface area contributed by atoms with Crippen LogP contribution >= 0.6 is 0 Å². The highest BCUT2D eigenvalue weighted by molar-refractivity contribution is 5.79. The Morgan fingerprint density at radius 2 is 2.00 bits per heavy atom. The van der Waals surface area contributed by atoms with Crippen LogP contribution in [-0.4, -0.2) is 29.4 Å². The van der Waals surface area contributed by atoms with Gasteiger partial charge in [-0.2, -0.15) is 0 Å². The first-order chi connectivity index (χ1) is 7.02. The van der Waals surface area contributed by atoms with Crippen LogP contribution in [0.4, 0.5) is 0 Å². The van der Waals surface area contributed by atoms with Gasteiger partial charge < -0.3 is 10.6 Å². The first kappa shape index (κ1) is 12.5. The van der Waals surface area contributed by atoms with Gasteiger partial charge in [-0.3, -0.25) is 4.79 Å². The standard InChI is InChI=1S/C12H24N2O/c1-4-6-10(3)11(15)14-8-12(13,9-14)7-5-2/h10H,4-9,13H2,1-3H3. The summed E-state index contributed by atoms with van der Waals surface area (Å²) in [6, 6.07) is 0. The van der Waals surface area contributed by atoms with Crippen LogP contribution in [0.3, 0.4) is 0 Å². The second-order valence-electron chi connectivity index (χ2n) is 5.00. The summed E-state index contributed by atoms with van der Waals surface area (Å²) in [5.41, 5.74) is 6.03. The van der Waals surface area contributed by atoms with Crippen LogP contribution in [0.15, 0.2) is 0 Å². The van der Waals surface area contributed by atoms with Crippen LogP contribution in [0, 0.1) is 5.92 Å². The molecule has 88 valence electrons. The van der Waals surface area contributed by atoms with Gasteiger partial charge in [0.25, 0.3) is 0 Å². The minimum Gasteiger partial charge on any atom is -0.339 e. The van der Waals surface area contributed by atoms with Gasteiger partial charge >= 0.3 is 0 Å². The summed E-state index contributed by atoms with van der Waals surface area (Å²) in [7, 11) is 0. The van der Waals surface area contributed by atoms with Crippen molar-refractivity contribution in [3.05, 3.63) is 0 Å². The third-order valence-electron chi connectivity index (χ3n) is 3.21. The maximum atomic E-state index is 11.9. The van der Waals surface area contributed by atoms with Gasteiger partial charge in [0.2, 0.25) is 5.91 Å². The summed E-state index contributed by atoms with van der Waals surface area (Å²) < 4.78 is 0. The number of carbonyl (C=O) groups excluding carboxylic acids is 1. The van der Waals surface area contributed by atoms with Gasteiger partial charge in [-0.25, -0.2) is 0 Å². The van der Waals surface area contributed by atoms with Crippen molar-refractivity contribution in [3.8, 4) is 0 Å². The molecule has 1 heterocycles. The number of carbonyl (C=O) groups is 1. The van der Waals surface area contributed by atoms with Gasteiger partial charge in [-0.15, -0.1) is 0 Å². The molecule has 0 spiro atoms. The average Bonchev–Trinajstić information content (AvgIpc) is 2.13. The van der Waals surface area contributed by atoms with Crippen molar-refractivity contribution in [1.82, 2.24) is 4.90 Å². The Bertz CT molecular complexity index is 222. The lowest BCUT2D eigenvalue weighted by atomic mass is 9.85. The van der Waals surface area contributed by atoms with Crippen molar-refractivity contribution < 1.29 is 4.79 Å². The van der Waals surface area contributed by atoms with E-state index in [0.717, 1.165) is 38.8 Å². The number of nitrogens with zero attached hydrogens (tertiary/aromatic N) is 1. The summed E-state index contributed by atoms with van der Waals surface area (Å²) in [4.78, 5) is 13.8. The Hall–Kier alpha value is -0.570. The van der Waals surface area contributed by atoms with E-state index in [-0.39, 0.29) is 17.4 Å². The Balaban J connectivity index is 2.34. The number of rotatable bonds is 5. The molecule has 0 bridgehead atoms. The van der Waals surface area contributed by atoms with Crippen molar-refractivity contribution in [1.29, 1.82) is 0 Å². The van der Waals surface area contributed by atoms with Crippen molar-refractivity contribution in [2.45, 2.75) is 52.0 Å². The second-order valence-corrected chi connectivity index (χ2v) is 5.00. The predicted octanol–water partition coefficient (Wildman–Crippen LogP) is 1.76. The van der Waals surface area contributed by atoms with E-state index >= 15 is 0 Å². The quantitative estimate of drug-likeness (QED) is 0.755. The zero-order valence-electron chi connectivity index (χ0n) is 10.3. The van der Waals surface area contributed by atoms with Crippen molar-refractivity contribution in [3.63, 3.8) is 0 Å². The fourth-order valence-corrected chi connectivity index (χ4v) is 2.39. The van der Waals surface area contributed by atoms with Crippen LogP contribution < -0.4 is 5.73 Å². The first-order valence-corrected chi connectivity index (χ1v) is 6.10. The van der Waals surface area contributed by atoms with Gasteiger partial charge in [0, 0.05) is 19.0 Å². The van der Waals surface area contributed by atoms with E-state index < -0.39 is 0 Å². The minimum atomic E-state index is -0.0870. The molecular weight excluding hydrogens is 188 g/mol. The van der Waals surface area contributed by atoms with E-state index in [9.17, 15) is 4.79 Å². The number of hydrogen-bond donors (Lipinski definition) is 1. The fraction of sp³-hybridized carbons (Fsp3) is 0.917. The van der Waals surface area contributed by atoms with Crippen LogP contribution in [0.1, 0.15) is 46.5 Å². The van der Waals surface area contributed by atoms with E-state index in [1.54, 1.807) is 0 Å². The first-order valence-electron chi connectivity index (χ1n) is 6.10. The third-order valence-corrected chi connectivity index (χ3v) is 3.21. The summed E-state index contributed by atoms with van der Waals surface area (Å²) in [5, 5.41) is 0. The maximum Gasteiger partial charge on any atom is 0.225 e. The van der Waals surface area contributed by atoms with Crippen LogP contribution in [0.5, 0.6) is 0 Å². The largest absolute Gasteiger partial charge is 0.339 e. The molecule has 1 unspecified atom stereocenters. The monoisotopic (exact) mass is 212 g/mol. The van der Waals surface area contributed by atoms with Crippen molar-refractivity contribution in [2.75, 3.05) is 13.1 Å². The molecular formula is C12H24N2O. The smallest absolute Gasteiger partial charge is 0.225 e. The molecule has 3 nitrogen and oxygen atoms in total. The SMILES string of the molecule is CCCC(C)C(=O)N1CC(N)(CCC)C1. The van der Waals surface area contributed by atoms with Crippen molar-refractivity contribution in [2.24, 2.45) is 11.7 Å². The predicted molar refractivity (Wildman–Crippen MR) is 62.5 cm³/mol. The zero-order chi connectivity index (χ0) is 11.5. The molecule has 1 rings (SSSR count). The van der Waals surface area contributed by atoms with E-state index in [1.165, 1.54) is 0 Å². The molecule has 0 aromatic rings. The molecule has 3 heteroatoms. The highest BCUT2D eigenvalue weighted by atomic mass is 16.2. The summed E-state index contributed by atoms with van der Waals surface area (Å²) >= 11 is 0. The molecule has 1 aliphatic heterocycles. The number of hydrogen-bond acceptors (Lipinski definition) is 2. The van der Waals surface area contributed by atoms with Crippen LogP contribution in [0.2, 0.25) is 0 Å². The topological polar surface area (TPSA) is 46.3 Å². The van der Waals surface area contributed by atoms with Gasteiger partial charge in [0.15, 0.2) is 0 Å². The lowest BCUT2D eigenvalue weighted by molar-refractivity contribution is -0.143. The van der Waals surface area contributed by atoms with E-state index in [4.69, 9.17) is 5.73 Å². The normalized spacial score (nSPS) is 20.9. The minimum absolute atomic E-state index is 0.0870. The zero-order valence-corrected chi connectivity index (χ0v) is 10.3. The Morgan fingerprint density at radius 3 is 2.47 bits per heavy atom. The molecule has 1 saturated heterocycles. The fourth-order valence-electron chi connectivity index (χ4n) is 2.39. The molecule has 1 atom stereocenters. The Morgan fingerprint density at radius 1 is 1.40 bits per heavy atom. The van der Waals surface area contributed by atoms with Gasteiger partial charge in [0.1, 0.15) is 0 Å². The number of likely N-dealkylation sites (tertiary alicyclic amines) is 1. The second kappa shape index (κ2) is 4.97. The van der Waals surface area contributed by atoms with E-state index in [0.29, 0.717) is 0 Å². The number of amides is 1. The highest BCUT2D eigenvalue weighted by Gasteiger charge is 2.41. The van der Waals surface area contributed by atoms with Crippen LogP contribution in [-0.2, 0) is 4.79 Å². The molecule has 0 aromatic heterocycles. The summed E-state index contributed by atoms with van der Waals surface area (Å²) in [6.07, 6.45) is 4.19. The third kappa shape index (κ3) is 2.94. The molecule has 1 aliphatic rings. The van der Waals surface area contributed by atoms with Gasteiger partial charge in [-0.05, 0) is 12.8 Å². The molecule has 1 fully saturated rings. The van der Waals surface area contributed by atoms with Crippen LogP contribution in [0.25, 0.3) is 0 Å². The molecule has 0 saturated carbocycles. The van der Waals surface area contributed by atoms with E-state index in [2.05, 4.69) is 13.8 Å². The van der Waals surface area contributed by atoms with Crippen molar-refractivity contribution >= 4 is 5.91 Å².